The van der Waals surface area contributed by atoms with Crippen molar-refractivity contribution in [3.05, 3.63) is 71.0 Å². The number of carbonyl (C=O) groups is 3. The number of anilines is 1. The van der Waals surface area contributed by atoms with E-state index in [1.807, 2.05) is 0 Å². The molecule has 0 spiro atoms. The van der Waals surface area contributed by atoms with Crippen molar-refractivity contribution in [2.45, 2.75) is 19.9 Å². The van der Waals surface area contributed by atoms with E-state index >= 15 is 0 Å². The predicted octanol–water partition coefficient (Wildman–Crippen LogP) is 2.15. The van der Waals surface area contributed by atoms with Gasteiger partial charge in [0.2, 0.25) is 0 Å². The summed E-state index contributed by atoms with van der Waals surface area (Å²) in [5.74, 6) is -2.14. The van der Waals surface area contributed by atoms with E-state index in [2.05, 4.69) is 0 Å². The van der Waals surface area contributed by atoms with Gasteiger partial charge in [-0.2, -0.15) is 0 Å². The minimum atomic E-state index is -0.793. The van der Waals surface area contributed by atoms with Crippen LogP contribution >= 0.6 is 0 Å². The molecule has 3 rings (SSSR count). The quantitative estimate of drug-likeness (QED) is 0.640. The van der Waals surface area contributed by atoms with Crippen molar-refractivity contribution in [3.8, 4) is 0 Å². The Balaban J connectivity index is 2.05. The zero-order valence-electron chi connectivity index (χ0n) is 15.5. The number of aliphatic hydroxyl groups excluding tert-OH is 1. The van der Waals surface area contributed by atoms with Gasteiger partial charge in [0.05, 0.1) is 23.8 Å². The molecule has 1 atom stereocenters. The molecule has 1 aliphatic heterocycles. The maximum atomic E-state index is 12.7. The SMILES string of the molecule is [B]c1ccc(C2C(C(C)=O)=C(O)C(=O)N2c2ccc(C(=O)OCC)cc2)cc1. The van der Waals surface area contributed by atoms with Gasteiger partial charge in [-0.05, 0) is 43.7 Å². The Morgan fingerprint density at radius 1 is 1.11 bits per heavy atom. The number of esters is 1. The van der Waals surface area contributed by atoms with E-state index in [1.165, 1.54) is 24.0 Å². The molecule has 0 saturated heterocycles. The Morgan fingerprint density at radius 2 is 1.71 bits per heavy atom. The lowest BCUT2D eigenvalue weighted by atomic mass is 9.91. The smallest absolute Gasteiger partial charge is 0.338 e. The lowest BCUT2D eigenvalue weighted by Crippen LogP contribution is -2.31. The fourth-order valence-electron chi connectivity index (χ4n) is 3.20. The first-order chi connectivity index (χ1) is 13.3. The molecule has 1 heterocycles. The first-order valence-corrected chi connectivity index (χ1v) is 8.75. The molecule has 2 radical (unpaired) electrons. The monoisotopic (exact) mass is 375 g/mol. The molecule has 7 heteroatoms. The van der Waals surface area contributed by atoms with E-state index in [1.54, 1.807) is 43.3 Å². The number of hydrogen-bond acceptors (Lipinski definition) is 5. The number of carbonyl (C=O) groups excluding carboxylic acids is 3. The summed E-state index contributed by atoms with van der Waals surface area (Å²) >= 11 is 0. The summed E-state index contributed by atoms with van der Waals surface area (Å²) in [6.45, 7) is 3.27. The molecule has 1 amide bonds. The van der Waals surface area contributed by atoms with E-state index in [0.29, 0.717) is 22.3 Å². The van der Waals surface area contributed by atoms with Gasteiger partial charge in [0.25, 0.3) is 5.91 Å². The summed E-state index contributed by atoms with van der Waals surface area (Å²) in [5.41, 5.74) is 1.96. The third-order valence-electron chi connectivity index (χ3n) is 4.50. The van der Waals surface area contributed by atoms with Crippen molar-refractivity contribution in [2.24, 2.45) is 0 Å². The topological polar surface area (TPSA) is 83.9 Å². The van der Waals surface area contributed by atoms with Crippen LogP contribution in [0.2, 0.25) is 0 Å². The highest BCUT2D eigenvalue weighted by Gasteiger charge is 2.43. The molecule has 2 aromatic carbocycles. The molecule has 0 fully saturated rings. The van der Waals surface area contributed by atoms with Crippen molar-refractivity contribution in [1.82, 2.24) is 0 Å². The molecule has 1 unspecified atom stereocenters. The van der Waals surface area contributed by atoms with E-state index in [4.69, 9.17) is 12.6 Å². The van der Waals surface area contributed by atoms with Gasteiger partial charge >= 0.3 is 5.97 Å². The van der Waals surface area contributed by atoms with Crippen LogP contribution in [0.25, 0.3) is 0 Å². The Bertz CT molecular complexity index is 963. The number of ether oxygens (including phenoxy) is 1. The molecule has 1 N–H and O–H groups in total. The van der Waals surface area contributed by atoms with Crippen LogP contribution in [0, 0.1) is 0 Å². The Hall–Kier alpha value is -3.35. The van der Waals surface area contributed by atoms with Crippen LogP contribution in [-0.4, -0.2) is 37.2 Å². The largest absolute Gasteiger partial charge is 0.503 e. The summed E-state index contributed by atoms with van der Waals surface area (Å²) in [5, 5.41) is 10.3. The number of benzene rings is 2. The highest BCUT2D eigenvalue weighted by atomic mass is 16.5. The molecule has 1 aliphatic rings. The van der Waals surface area contributed by atoms with Gasteiger partial charge in [-0.1, -0.05) is 29.7 Å². The predicted molar refractivity (Wildman–Crippen MR) is 105 cm³/mol. The third-order valence-corrected chi connectivity index (χ3v) is 4.50. The second kappa shape index (κ2) is 7.72. The molecule has 0 aromatic heterocycles. The van der Waals surface area contributed by atoms with Gasteiger partial charge in [-0.25, -0.2) is 4.79 Å². The average molecular weight is 375 g/mol. The van der Waals surface area contributed by atoms with Crippen LogP contribution in [-0.2, 0) is 14.3 Å². The van der Waals surface area contributed by atoms with Gasteiger partial charge in [0.1, 0.15) is 7.85 Å². The molecule has 0 saturated carbocycles. The number of hydrogen-bond donors (Lipinski definition) is 1. The van der Waals surface area contributed by atoms with Crippen molar-refractivity contribution in [2.75, 3.05) is 11.5 Å². The molecule has 6 nitrogen and oxygen atoms in total. The van der Waals surface area contributed by atoms with Crippen LogP contribution in [0.3, 0.4) is 0 Å². The maximum Gasteiger partial charge on any atom is 0.338 e. The Kier molecular flexibility index (Phi) is 5.35. The minimum Gasteiger partial charge on any atom is -0.503 e. The Morgan fingerprint density at radius 3 is 2.25 bits per heavy atom. The summed E-state index contributed by atoms with van der Waals surface area (Å²) in [7, 11) is 5.74. The van der Waals surface area contributed by atoms with Crippen molar-refractivity contribution < 1.29 is 24.2 Å². The highest BCUT2D eigenvalue weighted by Crippen LogP contribution is 2.40. The zero-order valence-corrected chi connectivity index (χ0v) is 15.5. The second-order valence-corrected chi connectivity index (χ2v) is 6.33. The molecule has 140 valence electrons. The van der Waals surface area contributed by atoms with Gasteiger partial charge in [-0.3, -0.25) is 14.5 Å². The molecular formula is C21H18BNO5. The summed E-state index contributed by atoms with van der Waals surface area (Å²) in [4.78, 5) is 38.1. The van der Waals surface area contributed by atoms with Gasteiger partial charge in [0.15, 0.2) is 11.5 Å². The number of nitrogens with zero attached hydrogens (tertiary/aromatic N) is 1. The number of ketones is 1. The van der Waals surface area contributed by atoms with Crippen molar-refractivity contribution in [1.29, 1.82) is 0 Å². The third kappa shape index (κ3) is 3.43. The highest BCUT2D eigenvalue weighted by molar-refractivity contribution is 6.32. The minimum absolute atomic E-state index is 0.0178. The zero-order chi connectivity index (χ0) is 20.4. The second-order valence-electron chi connectivity index (χ2n) is 6.33. The molecule has 0 aliphatic carbocycles. The number of Topliss-reactive ketones (excluding diaryl/α,β-unsaturated/α-hetero) is 1. The molecule has 28 heavy (non-hydrogen) atoms. The molecular weight excluding hydrogens is 357 g/mol. The normalized spacial score (nSPS) is 16.4. The fourth-order valence-corrected chi connectivity index (χ4v) is 3.20. The lowest BCUT2D eigenvalue weighted by molar-refractivity contribution is -0.117. The van der Waals surface area contributed by atoms with Gasteiger partial charge in [0, 0.05) is 5.69 Å². The van der Waals surface area contributed by atoms with Crippen LogP contribution in [0.5, 0.6) is 0 Å². The van der Waals surface area contributed by atoms with Crippen molar-refractivity contribution >= 4 is 36.7 Å². The summed E-state index contributed by atoms with van der Waals surface area (Å²) < 4.78 is 4.96. The van der Waals surface area contributed by atoms with E-state index in [0.717, 1.165) is 0 Å². The van der Waals surface area contributed by atoms with E-state index < -0.39 is 29.5 Å². The fraction of sp³-hybridized carbons (Fsp3) is 0.190. The molecule has 2 aromatic rings. The number of rotatable bonds is 5. The lowest BCUT2D eigenvalue weighted by Gasteiger charge is -2.27. The van der Waals surface area contributed by atoms with Crippen LogP contribution < -0.4 is 10.4 Å². The first-order valence-electron chi connectivity index (χ1n) is 8.75. The van der Waals surface area contributed by atoms with Gasteiger partial charge in [-0.15, -0.1) is 0 Å². The van der Waals surface area contributed by atoms with Gasteiger partial charge < -0.3 is 9.84 Å². The maximum absolute atomic E-state index is 12.7. The standard InChI is InChI=1S/C21H18BNO5/c1-3-28-21(27)14-6-10-16(11-7-14)23-18(13-4-8-15(22)9-5-13)17(12(2)24)19(25)20(23)26/h4-11,18,25H,3H2,1-2H3. The molecule has 0 bridgehead atoms. The van der Waals surface area contributed by atoms with Crippen LogP contribution in [0.15, 0.2) is 59.9 Å². The summed E-state index contributed by atoms with van der Waals surface area (Å²) in [6.07, 6.45) is 0. The van der Waals surface area contributed by atoms with Crippen molar-refractivity contribution in [3.63, 3.8) is 0 Å². The van der Waals surface area contributed by atoms with E-state index in [9.17, 15) is 19.5 Å². The number of aliphatic hydroxyl groups is 1. The van der Waals surface area contributed by atoms with Crippen LogP contribution in [0.1, 0.15) is 35.8 Å². The summed E-state index contributed by atoms with van der Waals surface area (Å²) in [6, 6.07) is 12.1. The first kappa shape index (κ1) is 19.4. The number of amides is 1. The Labute approximate surface area is 163 Å². The average Bonchev–Trinajstić information content (AvgIpc) is 2.94. The van der Waals surface area contributed by atoms with Crippen LogP contribution in [0.4, 0.5) is 5.69 Å². The van der Waals surface area contributed by atoms with E-state index in [-0.39, 0.29) is 12.2 Å².